The van der Waals surface area contributed by atoms with Gasteiger partial charge in [0.25, 0.3) is 5.56 Å². The van der Waals surface area contributed by atoms with E-state index in [1.54, 1.807) is 29.2 Å². The molecule has 27 heavy (non-hydrogen) atoms. The molecule has 2 saturated heterocycles. The topological polar surface area (TPSA) is 80.1 Å². The Labute approximate surface area is 158 Å². The molecule has 1 atom stereocenters. The van der Waals surface area contributed by atoms with Gasteiger partial charge in [0.15, 0.2) is 0 Å². The molecular formula is C20H25N5O2. The van der Waals surface area contributed by atoms with Crippen LogP contribution in [-0.2, 0) is 11.3 Å². The van der Waals surface area contributed by atoms with Crippen molar-refractivity contribution < 1.29 is 4.79 Å². The summed E-state index contributed by atoms with van der Waals surface area (Å²) in [5.41, 5.74) is 1.60. The third-order valence-corrected chi connectivity index (χ3v) is 5.34. The zero-order valence-corrected chi connectivity index (χ0v) is 15.4. The third kappa shape index (κ3) is 4.42. The van der Waals surface area contributed by atoms with Crippen molar-refractivity contribution in [2.75, 3.05) is 19.6 Å². The summed E-state index contributed by atoms with van der Waals surface area (Å²) < 4.78 is 1.57. The lowest BCUT2D eigenvalue weighted by Crippen LogP contribution is -2.54. The van der Waals surface area contributed by atoms with Crippen LogP contribution in [0.25, 0.3) is 11.3 Å². The molecule has 2 aromatic heterocycles. The van der Waals surface area contributed by atoms with Crippen LogP contribution in [0.15, 0.2) is 41.5 Å². The summed E-state index contributed by atoms with van der Waals surface area (Å²) in [6, 6.07) is 7.39. The number of hydrogen-bond acceptors (Lipinski definition) is 5. The number of pyridine rings is 1. The first kappa shape index (κ1) is 17.9. The normalized spacial score (nSPS) is 21.3. The second-order valence-corrected chi connectivity index (χ2v) is 7.58. The highest BCUT2D eigenvalue weighted by atomic mass is 16.1. The van der Waals surface area contributed by atoms with E-state index in [1.807, 2.05) is 12.1 Å². The summed E-state index contributed by atoms with van der Waals surface area (Å²) in [6.45, 7) is 3.41. The maximum atomic E-state index is 12.2. The van der Waals surface area contributed by atoms with Crippen LogP contribution in [0.5, 0.6) is 0 Å². The second kappa shape index (κ2) is 8.00. The van der Waals surface area contributed by atoms with Gasteiger partial charge in [-0.1, -0.05) is 6.42 Å². The van der Waals surface area contributed by atoms with Crippen molar-refractivity contribution in [3.8, 4) is 11.3 Å². The predicted octanol–water partition coefficient (Wildman–Crippen LogP) is 1.30. The summed E-state index contributed by atoms with van der Waals surface area (Å²) in [4.78, 5) is 30.3. The van der Waals surface area contributed by atoms with Crippen molar-refractivity contribution in [2.24, 2.45) is 5.92 Å². The summed E-state index contributed by atoms with van der Waals surface area (Å²) in [5.74, 6) is 0.596. The molecule has 0 aromatic carbocycles. The number of likely N-dealkylation sites (tertiary alicyclic amines) is 1. The minimum Gasteiger partial charge on any atom is -0.352 e. The molecule has 0 aliphatic carbocycles. The molecule has 7 nitrogen and oxygen atoms in total. The van der Waals surface area contributed by atoms with E-state index in [-0.39, 0.29) is 17.5 Å². The molecule has 2 fully saturated rings. The van der Waals surface area contributed by atoms with Gasteiger partial charge in [0.05, 0.1) is 12.2 Å². The van der Waals surface area contributed by atoms with Gasteiger partial charge in [-0.3, -0.25) is 14.6 Å². The molecule has 2 aliphatic heterocycles. The zero-order valence-electron chi connectivity index (χ0n) is 15.4. The maximum absolute atomic E-state index is 12.2. The smallest absolute Gasteiger partial charge is 0.266 e. The van der Waals surface area contributed by atoms with E-state index in [0.29, 0.717) is 18.9 Å². The molecule has 1 amide bonds. The highest BCUT2D eigenvalue weighted by molar-refractivity contribution is 5.76. The maximum Gasteiger partial charge on any atom is 0.266 e. The fourth-order valence-corrected chi connectivity index (χ4v) is 3.93. The van der Waals surface area contributed by atoms with E-state index >= 15 is 0 Å². The minimum absolute atomic E-state index is 0.0721. The van der Waals surface area contributed by atoms with E-state index in [0.717, 1.165) is 50.2 Å². The summed E-state index contributed by atoms with van der Waals surface area (Å²) in [5, 5.41) is 7.64. The number of aromatic nitrogens is 3. The average molecular weight is 367 g/mol. The molecule has 0 spiro atoms. The lowest BCUT2D eigenvalue weighted by molar-refractivity contribution is -0.121. The van der Waals surface area contributed by atoms with Gasteiger partial charge in [-0.15, -0.1) is 0 Å². The lowest BCUT2D eigenvalue weighted by Gasteiger charge is -2.41. The number of rotatable bonds is 5. The van der Waals surface area contributed by atoms with Gasteiger partial charge in [-0.2, -0.15) is 5.10 Å². The lowest BCUT2D eigenvalue weighted by atomic mass is 9.98. The predicted molar refractivity (Wildman–Crippen MR) is 102 cm³/mol. The molecule has 4 rings (SSSR count). The highest BCUT2D eigenvalue weighted by Crippen LogP contribution is 2.20. The molecule has 142 valence electrons. The monoisotopic (exact) mass is 367 g/mol. The molecule has 0 saturated carbocycles. The summed E-state index contributed by atoms with van der Waals surface area (Å²) in [6.07, 6.45) is 7.29. The second-order valence-electron chi connectivity index (χ2n) is 7.58. The number of amides is 1. The number of nitrogens with one attached hydrogen (secondary N) is 1. The molecule has 4 heterocycles. The number of nitrogens with zero attached hydrogens (tertiary/aromatic N) is 4. The van der Waals surface area contributed by atoms with Crippen LogP contribution >= 0.6 is 0 Å². The first-order chi connectivity index (χ1) is 13.2. The Hall–Kier alpha value is -2.54. The molecule has 2 aliphatic rings. The number of carbonyl (C=O) groups is 1. The average Bonchev–Trinajstić information content (AvgIpc) is 2.86. The Morgan fingerprint density at radius 2 is 2.00 bits per heavy atom. The van der Waals surface area contributed by atoms with E-state index in [9.17, 15) is 9.59 Å². The Bertz CT molecular complexity index is 845. The van der Waals surface area contributed by atoms with Crippen molar-refractivity contribution in [1.29, 1.82) is 0 Å². The first-order valence-electron chi connectivity index (χ1n) is 9.67. The van der Waals surface area contributed by atoms with Crippen molar-refractivity contribution in [2.45, 2.75) is 38.3 Å². The van der Waals surface area contributed by atoms with Crippen LogP contribution in [0.3, 0.4) is 0 Å². The Balaban J connectivity index is 1.33. The largest absolute Gasteiger partial charge is 0.352 e. The van der Waals surface area contributed by atoms with Gasteiger partial charge in [0, 0.05) is 62.0 Å². The van der Waals surface area contributed by atoms with Crippen molar-refractivity contribution in [3.05, 3.63) is 47.0 Å². The molecule has 1 N–H and O–H groups in total. The van der Waals surface area contributed by atoms with Crippen molar-refractivity contribution in [3.63, 3.8) is 0 Å². The molecule has 1 unspecified atom stereocenters. The highest BCUT2D eigenvalue weighted by Gasteiger charge is 2.30. The standard InChI is InChI=1S/C20H25N5O2/c26-19-6-2-1-5-17(22-19)14-24-11-15(12-24)13-25-20(27)8-7-18(23-25)16-4-3-9-21-10-16/h3-4,7-10,15,17H,1-2,5-6,11-14H2,(H,22,26). The van der Waals surface area contributed by atoms with Crippen LogP contribution < -0.4 is 10.9 Å². The van der Waals surface area contributed by atoms with Crippen LogP contribution in [-0.4, -0.2) is 51.2 Å². The van der Waals surface area contributed by atoms with Crippen molar-refractivity contribution >= 4 is 5.91 Å². The fraction of sp³-hybridized carbons (Fsp3) is 0.500. The Morgan fingerprint density at radius 1 is 1.11 bits per heavy atom. The molecule has 7 heteroatoms. The SMILES string of the molecule is O=C1CCCCC(CN2CC(Cn3nc(-c4cccnc4)ccc3=O)C2)N1. The molecule has 2 aromatic rings. The van der Waals surface area contributed by atoms with E-state index in [2.05, 4.69) is 20.3 Å². The number of hydrogen-bond donors (Lipinski definition) is 1. The van der Waals surface area contributed by atoms with E-state index < -0.39 is 0 Å². The van der Waals surface area contributed by atoms with Crippen LogP contribution in [0.4, 0.5) is 0 Å². The fourth-order valence-electron chi connectivity index (χ4n) is 3.93. The summed E-state index contributed by atoms with van der Waals surface area (Å²) in [7, 11) is 0. The minimum atomic E-state index is -0.0721. The number of carbonyl (C=O) groups excluding carboxylic acids is 1. The molecule has 0 radical (unpaired) electrons. The van der Waals surface area contributed by atoms with E-state index in [4.69, 9.17) is 0 Å². The van der Waals surface area contributed by atoms with Crippen molar-refractivity contribution in [1.82, 2.24) is 25.0 Å². The van der Waals surface area contributed by atoms with E-state index in [1.165, 1.54) is 0 Å². The van der Waals surface area contributed by atoms with Gasteiger partial charge in [-0.05, 0) is 31.0 Å². The Morgan fingerprint density at radius 3 is 2.81 bits per heavy atom. The van der Waals surface area contributed by atoms with Crippen LogP contribution in [0, 0.1) is 5.92 Å². The van der Waals surface area contributed by atoms with Crippen LogP contribution in [0.2, 0.25) is 0 Å². The van der Waals surface area contributed by atoms with Gasteiger partial charge in [-0.25, -0.2) is 4.68 Å². The van der Waals surface area contributed by atoms with Gasteiger partial charge < -0.3 is 10.2 Å². The summed E-state index contributed by atoms with van der Waals surface area (Å²) >= 11 is 0. The van der Waals surface area contributed by atoms with Gasteiger partial charge in [0.1, 0.15) is 0 Å². The van der Waals surface area contributed by atoms with Gasteiger partial charge >= 0.3 is 0 Å². The zero-order chi connectivity index (χ0) is 18.6. The molecule has 0 bridgehead atoms. The van der Waals surface area contributed by atoms with Gasteiger partial charge in [0.2, 0.25) is 5.91 Å². The molecular weight excluding hydrogens is 342 g/mol. The quantitative estimate of drug-likeness (QED) is 0.862. The third-order valence-electron chi connectivity index (χ3n) is 5.34. The first-order valence-corrected chi connectivity index (χ1v) is 9.67. The Kier molecular flexibility index (Phi) is 5.29. The van der Waals surface area contributed by atoms with Crippen LogP contribution in [0.1, 0.15) is 25.7 Å².